The van der Waals surface area contributed by atoms with E-state index in [0.717, 1.165) is 33.7 Å². The van der Waals surface area contributed by atoms with E-state index in [1.165, 1.54) is 0 Å². The number of hydrogen-bond acceptors (Lipinski definition) is 4. The van der Waals surface area contributed by atoms with Crippen LogP contribution < -0.4 is 15.5 Å². The molecule has 6 nitrogen and oxygen atoms in total. The normalized spacial score (nSPS) is 10.7. The average Bonchev–Trinajstić information content (AvgIpc) is 2.64. The minimum absolute atomic E-state index is 0.0659. The smallest absolute Gasteiger partial charge is 0.240 e. The molecule has 148 valence electrons. The summed E-state index contributed by atoms with van der Waals surface area (Å²) in [5.74, 6) is 0.282. The molecule has 0 atom stereocenters. The maximum atomic E-state index is 12.1. The number of anilines is 1. The zero-order valence-corrected chi connectivity index (χ0v) is 16.8. The second-order valence-electron chi connectivity index (χ2n) is 6.62. The van der Waals surface area contributed by atoms with Crippen LogP contribution in [0, 0.1) is 20.8 Å². The second-order valence-corrected chi connectivity index (χ2v) is 6.62. The van der Waals surface area contributed by atoms with Crippen molar-refractivity contribution in [3.8, 4) is 5.75 Å². The number of nitrogens with zero attached hydrogens (tertiary/aromatic N) is 1. The number of carbonyl (C=O) groups is 2. The van der Waals surface area contributed by atoms with Crippen LogP contribution in [0.15, 0.2) is 41.5 Å². The predicted molar refractivity (Wildman–Crippen MR) is 112 cm³/mol. The first-order valence-corrected chi connectivity index (χ1v) is 9.31. The molecule has 2 N–H and O–H groups in total. The van der Waals surface area contributed by atoms with E-state index >= 15 is 0 Å². The van der Waals surface area contributed by atoms with Gasteiger partial charge >= 0.3 is 0 Å². The number of benzene rings is 2. The Hall–Kier alpha value is -3.15. The minimum Gasteiger partial charge on any atom is -0.494 e. The van der Waals surface area contributed by atoms with Crippen LogP contribution >= 0.6 is 0 Å². The number of rotatable bonds is 8. The summed E-state index contributed by atoms with van der Waals surface area (Å²) in [5.41, 5.74) is 7.26. The van der Waals surface area contributed by atoms with E-state index < -0.39 is 0 Å². The summed E-state index contributed by atoms with van der Waals surface area (Å²) in [5, 5.41) is 6.81. The molecule has 6 heteroatoms. The van der Waals surface area contributed by atoms with Crippen LogP contribution in [0.3, 0.4) is 0 Å². The molecule has 0 saturated heterocycles. The molecule has 2 rings (SSSR count). The van der Waals surface area contributed by atoms with Crippen LogP contribution in [-0.2, 0) is 9.59 Å². The Morgan fingerprint density at radius 1 is 1.00 bits per heavy atom. The fraction of sp³-hybridized carbons (Fsp3) is 0.318. The van der Waals surface area contributed by atoms with Gasteiger partial charge in [-0.05, 0) is 68.7 Å². The lowest BCUT2D eigenvalue weighted by Gasteiger charge is -2.12. The Bertz CT molecular complexity index is 835. The van der Waals surface area contributed by atoms with Gasteiger partial charge in [-0.25, -0.2) is 5.43 Å². The van der Waals surface area contributed by atoms with Gasteiger partial charge in [0.05, 0.1) is 12.8 Å². The maximum absolute atomic E-state index is 12.1. The summed E-state index contributed by atoms with van der Waals surface area (Å²) in [4.78, 5) is 24.0. The van der Waals surface area contributed by atoms with E-state index in [2.05, 4.69) is 15.8 Å². The standard InChI is InChI=1S/C22H27N3O3/c1-5-28-19-8-6-18(7-9-19)14-23-25-21(27)11-10-20(26)24-22-16(3)12-15(2)13-17(22)4/h6-9,12-14H,5,10-11H2,1-4H3,(H,24,26)(H,25,27)/b23-14-. The van der Waals surface area contributed by atoms with Gasteiger partial charge in [0.25, 0.3) is 0 Å². The van der Waals surface area contributed by atoms with Crippen molar-refractivity contribution in [3.63, 3.8) is 0 Å². The molecule has 0 aliphatic heterocycles. The molecular formula is C22H27N3O3. The number of hydrogen-bond donors (Lipinski definition) is 2. The number of ether oxygens (including phenoxy) is 1. The molecule has 0 fully saturated rings. The number of aryl methyl sites for hydroxylation is 3. The number of carbonyl (C=O) groups excluding carboxylic acids is 2. The molecular weight excluding hydrogens is 354 g/mol. The van der Waals surface area contributed by atoms with E-state index in [9.17, 15) is 9.59 Å². The van der Waals surface area contributed by atoms with Gasteiger partial charge in [0.15, 0.2) is 0 Å². The van der Waals surface area contributed by atoms with Gasteiger partial charge in [0.2, 0.25) is 11.8 Å². The predicted octanol–water partition coefficient (Wildman–Crippen LogP) is 3.88. The largest absolute Gasteiger partial charge is 0.494 e. The fourth-order valence-corrected chi connectivity index (χ4v) is 2.86. The van der Waals surface area contributed by atoms with Crippen molar-refractivity contribution in [1.82, 2.24) is 5.43 Å². The zero-order chi connectivity index (χ0) is 20.5. The van der Waals surface area contributed by atoms with Crippen molar-refractivity contribution in [2.24, 2.45) is 5.10 Å². The Kier molecular flexibility index (Phi) is 7.75. The highest BCUT2D eigenvalue weighted by Crippen LogP contribution is 2.22. The first-order valence-electron chi connectivity index (χ1n) is 9.31. The highest BCUT2D eigenvalue weighted by atomic mass is 16.5. The van der Waals surface area contributed by atoms with Crippen LogP contribution in [0.5, 0.6) is 5.75 Å². The zero-order valence-electron chi connectivity index (χ0n) is 16.8. The van der Waals surface area contributed by atoms with Crippen LogP contribution in [0.2, 0.25) is 0 Å². The number of nitrogens with one attached hydrogen (secondary N) is 2. The summed E-state index contributed by atoms with van der Waals surface area (Å²) in [7, 11) is 0. The molecule has 0 aromatic heterocycles. The molecule has 2 aromatic carbocycles. The summed E-state index contributed by atoms with van der Waals surface area (Å²) in [6.07, 6.45) is 1.71. The van der Waals surface area contributed by atoms with Crippen LogP contribution in [0.4, 0.5) is 5.69 Å². The van der Waals surface area contributed by atoms with Crippen LogP contribution in [-0.4, -0.2) is 24.6 Å². The van der Waals surface area contributed by atoms with Crippen molar-refractivity contribution in [3.05, 3.63) is 58.7 Å². The monoisotopic (exact) mass is 381 g/mol. The minimum atomic E-state index is -0.310. The van der Waals surface area contributed by atoms with E-state index in [1.807, 2.05) is 64.1 Å². The van der Waals surface area contributed by atoms with Crippen molar-refractivity contribution < 1.29 is 14.3 Å². The Labute approximate surface area is 166 Å². The van der Waals surface area contributed by atoms with E-state index in [-0.39, 0.29) is 24.7 Å². The highest BCUT2D eigenvalue weighted by Gasteiger charge is 2.10. The topological polar surface area (TPSA) is 79.8 Å². The highest BCUT2D eigenvalue weighted by molar-refractivity contribution is 5.94. The molecule has 28 heavy (non-hydrogen) atoms. The molecule has 0 bridgehead atoms. The average molecular weight is 381 g/mol. The van der Waals surface area contributed by atoms with Gasteiger partial charge in [0, 0.05) is 18.5 Å². The quantitative estimate of drug-likeness (QED) is 0.538. The van der Waals surface area contributed by atoms with Crippen molar-refractivity contribution in [2.45, 2.75) is 40.5 Å². The molecule has 0 heterocycles. The molecule has 0 aliphatic rings. The summed E-state index contributed by atoms with van der Waals surface area (Å²) in [6, 6.07) is 11.4. The Morgan fingerprint density at radius 2 is 1.61 bits per heavy atom. The third-order valence-corrected chi connectivity index (χ3v) is 4.11. The van der Waals surface area contributed by atoms with Gasteiger partial charge in [-0.1, -0.05) is 17.7 Å². The lowest BCUT2D eigenvalue weighted by atomic mass is 10.0. The second kappa shape index (κ2) is 10.3. The number of amides is 2. The van der Waals surface area contributed by atoms with E-state index in [1.54, 1.807) is 6.21 Å². The molecule has 2 amide bonds. The lowest BCUT2D eigenvalue weighted by Crippen LogP contribution is -2.21. The van der Waals surface area contributed by atoms with E-state index in [0.29, 0.717) is 6.61 Å². The summed E-state index contributed by atoms with van der Waals surface area (Å²) < 4.78 is 5.37. The van der Waals surface area contributed by atoms with Gasteiger partial charge in [-0.15, -0.1) is 0 Å². The first-order chi connectivity index (χ1) is 13.4. The molecule has 0 unspecified atom stereocenters. The van der Waals surface area contributed by atoms with Crippen molar-refractivity contribution >= 4 is 23.7 Å². The Balaban J connectivity index is 1.78. The first kappa shape index (κ1) is 21.2. The van der Waals surface area contributed by atoms with Gasteiger partial charge in [0.1, 0.15) is 5.75 Å². The molecule has 2 aromatic rings. The number of hydrazone groups is 1. The third-order valence-electron chi connectivity index (χ3n) is 4.11. The lowest BCUT2D eigenvalue weighted by molar-refractivity contribution is -0.124. The SMILES string of the molecule is CCOc1ccc(/C=N\NC(=O)CCC(=O)Nc2c(C)cc(C)cc2C)cc1. The van der Waals surface area contributed by atoms with Crippen molar-refractivity contribution in [2.75, 3.05) is 11.9 Å². The molecule has 0 radical (unpaired) electrons. The Morgan fingerprint density at radius 3 is 2.21 bits per heavy atom. The molecule has 0 spiro atoms. The van der Waals surface area contributed by atoms with E-state index in [4.69, 9.17) is 4.74 Å². The van der Waals surface area contributed by atoms with Crippen LogP contribution in [0.1, 0.15) is 42.0 Å². The van der Waals surface area contributed by atoms with Gasteiger partial charge in [-0.3, -0.25) is 9.59 Å². The summed E-state index contributed by atoms with van der Waals surface area (Å²) in [6.45, 7) is 8.47. The van der Waals surface area contributed by atoms with Crippen LogP contribution in [0.25, 0.3) is 0 Å². The third kappa shape index (κ3) is 6.54. The summed E-state index contributed by atoms with van der Waals surface area (Å²) >= 11 is 0. The van der Waals surface area contributed by atoms with Gasteiger partial charge < -0.3 is 10.1 Å². The fourth-order valence-electron chi connectivity index (χ4n) is 2.86. The van der Waals surface area contributed by atoms with Crippen molar-refractivity contribution in [1.29, 1.82) is 0 Å². The molecule has 0 saturated carbocycles. The molecule has 0 aliphatic carbocycles. The van der Waals surface area contributed by atoms with Gasteiger partial charge in [-0.2, -0.15) is 5.10 Å². The maximum Gasteiger partial charge on any atom is 0.240 e.